The van der Waals surface area contributed by atoms with Crippen LogP contribution < -0.4 is 10.1 Å². The Morgan fingerprint density at radius 1 is 1.29 bits per heavy atom. The van der Waals surface area contributed by atoms with Gasteiger partial charge in [-0.2, -0.15) is 0 Å². The van der Waals surface area contributed by atoms with E-state index in [1.807, 2.05) is 6.92 Å². The molecule has 0 aromatic heterocycles. The minimum Gasteiger partial charge on any atom is -0.495 e. The Morgan fingerprint density at radius 2 is 2.00 bits per heavy atom. The Hall–Kier alpha value is -2.28. The molecule has 8 heteroatoms. The van der Waals surface area contributed by atoms with Gasteiger partial charge in [0.1, 0.15) is 5.75 Å². The SMILES string of the molecule is CCCC(=O)OCC(=O)N(C)CC(=O)Nc1cc(Cl)ccc1OC. The molecule has 0 atom stereocenters. The van der Waals surface area contributed by atoms with Gasteiger partial charge in [0.15, 0.2) is 6.61 Å². The van der Waals surface area contributed by atoms with Crippen molar-refractivity contribution in [1.29, 1.82) is 0 Å². The van der Waals surface area contributed by atoms with Gasteiger partial charge >= 0.3 is 5.97 Å². The smallest absolute Gasteiger partial charge is 0.306 e. The van der Waals surface area contributed by atoms with E-state index in [9.17, 15) is 14.4 Å². The maximum atomic E-state index is 12.0. The van der Waals surface area contributed by atoms with Crippen LogP contribution in [-0.2, 0) is 19.1 Å². The average molecular weight is 357 g/mol. The lowest BCUT2D eigenvalue weighted by molar-refractivity contribution is -0.151. The number of ether oxygens (including phenoxy) is 2. The Kier molecular flexibility index (Phi) is 8.05. The summed E-state index contributed by atoms with van der Waals surface area (Å²) in [7, 11) is 2.92. The van der Waals surface area contributed by atoms with Gasteiger partial charge in [0.2, 0.25) is 5.91 Å². The number of benzene rings is 1. The van der Waals surface area contributed by atoms with Crippen LogP contribution in [0.5, 0.6) is 5.75 Å². The number of likely N-dealkylation sites (N-methyl/N-ethyl adjacent to an activating group) is 1. The molecule has 132 valence electrons. The third-order valence-electron chi connectivity index (χ3n) is 3.05. The normalized spacial score (nSPS) is 10.0. The van der Waals surface area contributed by atoms with Crippen molar-refractivity contribution >= 4 is 35.1 Å². The highest BCUT2D eigenvalue weighted by Gasteiger charge is 2.16. The third-order valence-corrected chi connectivity index (χ3v) is 3.29. The number of halogens is 1. The van der Waals surface area contributed by atoms with Crippen LogP contribution in [0.25, 0.3) is 0 Å². The quantitative estimate of drug-likeness (QED) is 0.721. The molecule has 0 heterocycles. The molecule has 0 unspecified atom stereocenters. The van der Waals surface area contributed by atoms with Crippen molar-refractivity contribution in [1.82, 2.24) is 4.90 Å². The van der Waals surface area contributed by atoms with Gasteiger partial charge in [0, 0.05) is 18.5 Å². The molecule has 0 bridgehead atoms. The van der Waals surface area contributed by atoms with Crippen LogP contribution in [0.3, 0.4) is 0 Å². The van der Waals surface area contributed by atoms with E-state index in [-0.39, 0.29) is 19.6 Å². The maximum absolute atomic E-state index is 12.0. The van der Waals surface area contributed by atoms with Gasteiger partial charge in [0.25, 0.3) is 5.91 Å². The Balaban J connectivity index is 2.53. The van der Waals surface area contributed by atoms with Crippen molar-refractivity contribution in [3.63, 3.8) is 0 Å². The molecular formula is C16H21ClN2O5. The monoisotopic (exact) mass is 356 g/mol. The summed E-state index contributed by atoms with van der Waals surface area (Å²) in [5, 5.41) is 3.07. The van der Waals surface area contributed by atoms with Crippen molar-refractivity contribution in [3.05, 3.63) is 23.2 Å². The fourth-order valence-corrected chi connectivity index (χ4v) is 1.97. The number of rotatable bonds is 8. The molecule has 7 nitrogen and oxygen atoms in total. The molecule has 0 saturated carbocycles. The summed E-state index contributed by atoms with van der Waals surface area (Å²) in [5.41, 5.74) is 0.408. The second-order valence-electron chi connectivity index (χ2n) is 5.05. The van der Waals surface area contributed by atoms with Crippen LogP contribution in [0.1, 0.15) is 19.8 Å². The zero-order chi connectivity index (χ0) is 18.1. The number of methoxy groups -OCH3 is 1. The molecule has 1 rings (SSSR count). The molecule has 0 aliphatic heterocycles. The number of hydrogen-bond donors (Lipinski definition) is 1. The van der Waals surface area contributed by atoms with Gasteiger partial charge in [-0.05, 0) is 24.6 Å². The number of hydrogen-bond acceptors (Lipinski definition) is 5. The Bertz CT molecular complexity index is 606. The number of amides is 2. The Labute approximate surface area is 145 Å². The molecule has 0 aliphatic carbocycles. The number of anilines is 1. The predicted molar refractivity (Wildman–Crippen MR) is 90.1 cm³/mol. The molecule has 0 radical (unpaired) electrons. The van der Waals surface area contributed by atoms with Gasteiger partial charge in [-0.25, -0.2) is 0 Å². The van der Waals surface area contributed by atoms with Gasteiger partial charge < -0.3 is 19.7 Å². The van der Waals surface area contributed by atoms with Crippen molar-refractivity contribution in [2.45, 2.75) is 19.8 Å². The van der Waals surface area contributed by atoms with E-state index in [4.69, 9.17) is 21.1 Å². The summed E-state index contributed by atoms with van der Waals surface area (Å²) in [6.45, 7) is 1.26. The van der Waals surface area contributed by atoms with Crippen molar-refractivity contribution < 1.29 is 23.9 Å². The zero-order valence-electron chi connectivity index (χ0n) is 13.9. The molecule has 1 aromatic rings. The summed E-state index contributed by atoms with van der Waals surface area (Å²) in [6, 6.07) is 4.81. The standard InChI is InChI=1S/C16H21ClN2O5/c1-4-5-16(22)24-10-15(21)19(2)9-14(20)18-12-8-11(17)6-7-13(12)23-3/h6-8H,4-5,9-10H2,1-3H3,(H,18,20). The van der Waals surface area contributed by atoms with Gasteiger partial charge in [-0.15, -0.1) is 0 Å². The molecule has 1 aromatic carbocycles. The van der Waals surface area contributed by atoms with E-state index in [0.717, 1.165) is 0 Å². The first-order valence-electron chi connectivity index (χ1n) is 7.40. The minimum absolute atomic E-state index is 0.195. The topological polar surface area (TPSA) is 84.9 Å². The fraction of sp³-hybridized carbons (Fsp3) is 0.438. The first-order valence-corrected chi connectivity index (χ1v) is 7.78. The largest absolute Gasteiger partial charge is 0.495 e. The van der Waals surface area contributed by atoms with Crippen LogP contribution in [0, 0.1) is 0 Å². The van der Waals surface area contributed by atoms with Crippen LogP contribution >= 0.6 is 11.6 Å². The summed E-state index contributed by atoms with van der Waals surface area (Å²) < 4.78 is 9.95. The van der Waals surface area contributed by atoms with E-state index >= 15 is 0 Å². The van der Waals surface area contributed by atoms with E-state index in [0.29, 0.717) is 22.9 Å². The molecule has 2 amide bonds. The summed E-state index contributed by atoms with van der Waals surface area (Å²) in [6.07, 6.45) is 0.902. The second-order valence-corrected chi connectivity index (χ2v) is 5.49. The number of nitrogens with one attached hydrogen (secondary N) is 1. The zero-order valence-corrected chi connectivity index (χ0v) is 14.7. The van der Waals surface area contributed by atoms with Gasteiger partial charge in [-0.3, -0.25) is 14.4 Å². The van der Waals surface area contributed by atoms with E-state index < -0.39 is 17.8 Å². The summed E-state index contributed by atoms with van der Waals surface area (Å²) in [5.74, 6) is -0.874. The molecule has 0 fully saturated rings. The van der Waals surface area contributed by atoms with Crippen LogP contribution in [0.2, 0.25) is 5.02 Å². The average Bonchev–Trinajstić information content (AvgIpc) is 2.52. The van der Waals surface area contributed by atoms with Crippen LogP contribution in [0.4, 0.5) is 5.69 Å². The highest BCUT2D eigenvalue weighted by molar-refractivity contribution is 6.31. The van der Waals surface area contributed by atoms with Crippen molar-refractivity contribution in [2.24, 2.45) is 0 Å². The molecule has 0 saturated heterocycles. The number of carbonyl (C=O) groups is 3. The highest BCUT2D eigenvalue weighted by Crippen LogP contribution is 2.27. The van der Waals surface area contributed by atoms with Gasteiger partial charge in [-0.1, -0.05) is 18.5 Å². The number of nitrogens with zero attached hydrogens (tertiary/aromatic N) is 1. The first-order chi connectivity index (χ1) is 11.4. The number of esters is 1. The molecular weight excluding hydrogens is 336 g/mol. The lowest BCUT2D eigenvalue weighted by atomic mass is 10.3. The van der Waals surface area contributed by atoms with E-state index in [2.05, 4.69) is 5.32 Å². The van der Waals surface area contributed by atoms with Crippen molar-refractivity contribution in [3.8, 4) is 5.75 Å². The van der Waals surface area contributed by atoms with Crippen LogP contribution in [0.15, 0.2) is 18.2 Å². The molecule has 1 N–H and O–H groups in total. The molecule has 24 heavy (non-hydrogen) atoms. The lowest BCUT2D eigenvalue weighted by Crippen LogP contribution is -2.37. The summed E-state index contributed by atoms with van der Waals surface area (Å²) >= 11 is 5.89. The second kappa shape index (κ2) is 9.77. The Morgan fingerprint density at radius 3 is 2.62 bits per heavy atom. The minimum atomic E-state index is -0.465. The molecule has 0 aliphatic rings. The fourth-order valence-electron chi connectivity index (χ4n) is 1.80. The summed E-state index contributed by atoms with van der Waals surface area (Å²) in [4.78, 5) is 36.3. The van der Waals surface area contributed by atoms with E-state index in [1.165, 1.54) is 19.1 Å². The van der Waals surface area contributed by atoms with Crippen LogP contribution in [-0.4, -0.2) is 50.0 Å². The lowest BCUT2D eigenvalue weighted by Gasteiger charge is -2.17. The molecule has 0 spiro atoms. The predicted octanol–water partition coefficient (Wildman–Crippen LogP) is 2.09. The van der Waals surface area contributed by atoms with Gasteiger partial charge in [0.05, 0.1) is 19.3 Å². The van der Waals surface area contributed by atoms with Crippen molar-refractivity contribution in [2.75, 3.05) is 32.6 Å². The third kappa shape index (κ3) is 6.45. The van der Waals surface area contributed by atoms with E-state index in [1.54, 1.807) is 18.2 Å². The first kappa shape index (κ1) is 19.8. The number of carbonyl (C=O) groups excluding carboxylic acids is 3. The maximum Gasteiger partial charge on any atom is 0.306 e. The highest BCUT2D eigenvalue weighted by atomic mass is 35.5.